The van der Waals surface area contributed by atoms with Crippen molar-refractivity contribution in [2.75, 3.05) is 18.5 Å². The van der Waals surface area contributed by atoms with E-state index < -0.39 is 0 Å². The van der Waals surface area contributed by atoms with Gasteiger partial charge in [-0.25, -0.2) is 4.39 Å². The lowest BCUT2D eigenvalue weighted by Gasteiger charge is -2.07. The first-order chi connectivity index (χ1) is 5.74. The number of hydrogen-bond acceptors (Lipinski definition) is 2. The normalized spacial score (nSPS) is 9.92. The molecule has 0 radical (unpaired) electrons. The van der Waals surface area contributed by atoms with E-state index in [1.165, 1.54) is 12.1 Å². The van der Waals surface area contributed by atoms with Crippen molar-refractivity contribution in [2.45, 2.75) is 6.92 Å². The SMILES string of the molecule is Cc1ccc(F)cc1NCCO. The highest BCUT2D eigenvalue weighted by Crippen LogP contribution is 2.15. The van der Waals surface area contributed by atoms with Gasteiger partial charge in [0, 0.05) is 12.2 Å². The van der Waals surface area contributed by atoms with E-state index in [1.54, 1.807) is 6.07 Å². The summed E-state index contributed by atoms with van der Waals surface area (Å²) in [6.07, 6.45) is 0. The van der Waals surface area contributed by atoms with Crippen LogP contribution < -0.4 is 5.32 Å². The Bertz CT molecular complexity index is 263. The summed E-state index contributed by atoms with van der Waals surface area (Å²) >= 11 is 0. The zero-order valence-corrected chi connectivity index (χ0v) is 6.97. The molecule has 0 amide bonds. The summed E-state index contributed by atoms with van der Waals surface area (Å²) in [7, 11) is 0. The van der Waals surface area contributed by atoms with Crippen LogP contribution in [0.5, 0.6) is 0 Å². The number of anilines is 1. The summed E-state index contributed by atoms with van der Waals surface area (Å²) in [4.78, 5) is 0. The maximum atomic E-state index is 12.7. The van der Waals surface area contributed by atoms with Crippen molar-refractivity contribution < 1.29 is 9.50 Å². The molecule has 0 saturated heterocycles. The van der Waals surface area contributed by atoms with Crippen molar-refractivity contribution in [3.63, 3.8) is 0 Å². The molecule has 66 valence electrons. The topological polar surface area (TPSA) is 32.3 Å². The van der Waals surface area contributed by atoms with Gasteiger partial charge in [-0.2, -0.15) is 0 Å². The molecule has 0 aliphatic rings. The molecule has 1 aromatic rings. The average molecular weight is 169 g/mol. The van der Waals surface area contributed by atoms with Gasteiger partial charge in [-0.05, 0) is 24.6 Å². The predicted molar refractivity (Wildman–Crippen MR) is 46.7 cm³/mol. The van der Waals surface area contributed by atoms with Crippen molar-refractivity contribution in [3.8, 4) is 0 Å². The van der Waals surface area contributed by atoms with Crippen molar-refractivity contribution in [1.29, 1.82) is 0 Å². The summed E-state index contributed by atoms with van der Waals surface area (Å²) < 4.78 is 12.7. The van der Waals surface area contributed by atoms with Gasteiger partial charge in [-0.1, -0.05) is 6.07 Å². The first-order valence-corrected chi connectivity index (χ1v) is 3.85. The van der Waals surface area contributed by atoms with Gasteiger partial charge in [0.15, 0.2) is 0 Å². The Hall–Kier alpha value is -1.09. The summed E-state index contributed by atoms with van der Waals surface area (Å²) in [5.41, 5.74) is 1.72. The number of rotatable bonds is 3. The lowest BCUT2D eigenvalue weighted by Crippen LogP contribution is -2.06. The van der Waals surface area contributed by atoms with Crippen LogP contribution in [-0.2, 0) is 0 Å². The third kappa shape index (κ3) is 2.20. The van der Waals surface area contributed by atoms with Crippen LogP contribution in [-0.4, -0.2) is 18.3 Å². The fourth-order valence-electron chi connectivity index (χ4n) is 0.975. The molecule has 0 aliphatic heterocycles. The van der Waals surface area contributed by atoms with Crippen molar-refractivity contribution in [3.05, 3.63) is 29.6 Å². The maximum absolute atomic E-state index is 12.7. The molecule has 0 saturated carbocycles. The van der Waals surface area contributed by atoms with Crippen LogP contribution in [0.3, 0.4) is 0 Å². The number of benzene rings is 1. The van der Waals surface area contributed by atoms with Crippen LogP contribution in [0.25, 0.3) is 0 Å². The molecule has 0 aliphatic carbocycles. The van der Waals surface area contributed by atoms with Crippen LogP contribution in [0.1, 0.15) is 5.56 Å². The Balaban J connectivity index is 2.75. The minimum atomic E-state index is -0.263. The monoisotopic (exact) mass is 169 g/mol. The maximum Gasteiger partial charge on any atom is 0.125 e. The number of aryl methyl sites for hydroxylation is 1. The Morgan fingerprint density at radius 3 is 2.92 bits per heavy atom. The Labute approximate surface area is 71.0 Å². The van der Waals surface area contributed by atoms with E-state index in [4.69, 9.17) is 5.11 Å². The first-order valence-electron chi connectivity index (χ1n) is 3.85. The predicted octanol–water partition coefficient (Wildman–Crippen LogP) is 1.54. The molecule has 2 N–H and O–H groups in total. The van der Waals surface area contributed by atoms with Crippen molar-refractivity contribution >= 4 is 5.69 Å². The van der Waals surface area contributed by atoms with Gasteiger partial charge in [0.25, 0.3) is 0 Å². The van der Waals surface area contributed by atoms with Crippen molar-refractivity contribution in [2.24, 2.45) is 0 Å². The highest BCUT2D eigenvalue weighted by atomic mass is 19.1. The van der Waals surface area contributed by atoms with Gasteiger partial charge >= 0.3 is 0 Å². The van der Waals surface area contributed by atoms with Crippen LogP contribution in [0.15, 0.2) is 18.2 Å². The average Bonchev–Trinajstić information content (AvgIpc) is 2.07. The third-order valence-electron chi connectivity index (χ3n) is 1.63. The van der Waals surface area contributed by atoms with Gasteiger partial charge < -0.3 is 10.4 Å². The quantitative estimate of drug-likeness (QED) is 0.719. The second kappa shape index (κ2) is 4.07. The zero-order valence-electron chi connectivity index (χ0n) is 6.97. The van der Waals surface area contributed by atoms with E-state index in [0.717, 1.165) is 11.3 Å². The van der Waals surface area contributed by atoms with Crippen molar-refractivity contribution in [1.82, 2.24) is 0 Å². The fraction of sp³-hybridized carbons (Fsp3) is 0.333. The minimum Gasteiger partial charge on any atom is -0.395 e. The molecular formula is C9H12FNO. The van der Waals surface area contributed by atoms with E-state index in [9.17, 15) is 4.39 Å². The molecule has 0 unspecified atom stereocenters. The molecule has 2 nitrogen and oxygen atoms in total. The highest BCUT2D eigenvalue weighted by Gasteiger charge is 1.97. The Morgan fingerprint density at radius 2 is 2.25 bits per heavy atom. The van der Waals surface area contributed by atoms with Crippen LogP contribution in [0, 0.1) is 12.7 Å². The summed E-state index contributed by atoms with van der Waals surface area (Å²) in [5, 5.41) is 11.4. The standard InChI is InChI=1S/C9H12FNO/c1-7-2-3-8(10)6-9(7)11-4-5-12/h2-3,6,11-12H,4-5H2,1H3. The first kappa shape index (κ1) is 9.00. The van der Waals surface area contributed by atoms with Gasteiger partial charge in [0.1, 0.15) is 5.82 Å². The largest absolute Gasteiger partial charge is 0.395 e. The molecule has 12 heavy (non-hydrogen) atoms. The number of aliphatic hydroxyl groups excluding tert-OH is 1. The third-order valence-corrected chi connectivity index (χ3v) is 1.63. The van der Waals surface area contributed by atoms with E-state index in [0.29, 0.717) is 6.54 Å². The van der Waals surface area contributed by atoms with Gasteiger partial charge in [0.05, 0.1) is 6.61 Å². The number of aliphatic hydroxyl groups is 1. The van der Waals surface area contributed by atoms with E-state index >= 15 is 0 Å². The summed E-state index contributed by atoms with van der Waals surface area (Å²) in [5.74, 6) is -0.263. The number of nitrogens with one attached hydrogen (secondary N) is 1. The lowest BCUT2D eigenvalue weighted by atomic mass is 10.2. The molecule has 1 aromatic carbocycles. The highest BCUT2D eigenvalue weighted by molar-refractivity contribution is 5.50. The second-order valence-electron chi connectivity index (χ2n) is 2.61. The molecule has 0 heterocycles. The molecule has 0 fully saturated rings. The summed E-state index contributed by atoms with van der Waals surface area (Å²) in [6, 6.07) is 4.54. The molecule has 0 spiro atoms. The zero-order chi connectivity index (χ0) is 8.97. The molecule has 1 rings (SSSR count). The van der Waals surface area contributed by atoms with Gasteiger partial charge in [0.2, 0.25) is 0 Å². The van der Waals surface area contributed by atoms with Crippen LogP contribution in [0.2, 0.25) is 0 Å². The minimum absolute atomic E-state index is 0.0515. The molecule has 0 atom stereocenters. The summed E-state index contributed by atoms with van der Waals surface area (Å²) in [6.45, 7) is 2.39. The van der Waals surface area contributed by atoms with Crippen LogP contribution >= 0.6 is 0 Å². The molecule has 0 aromatic heterocycles. The lowest BCUT2D eigenvalue weighted by molar-refractivity contribution is 0.311. The molecule has 0 bridgehead atoms. The Kier molecular flexibility index (Phi) is 3.05. The van der Waals surface area contributed by atoms with Gasteiger partial charge in [-0.15, -0.1) is 0 Å². The van der Waals surface area contributed by atoms with Gasteiger partial charge in [-0.3, -0.25) is 0 Å². The molecular weight excluding hydrogens is 157 g/mol. The fourth-order valence-corrected chi connectivity index (χ4v) is 0.975. The molecule has 3 heteroatoms. The Morgan fingerprint density at radius 1 is 1.50 bits per heavy atom. The van der Waals surface area contributed by atoms with E-state index in [-0.39, 0.29) is 12.4 Å². The van der Waals surface area contributed by atoms with E-state index in [2.05, 4.69) is 5.32 Å². The number of halogens is 1. The number of hydrogen-bond donors (Lipinski definition) is 2. The van der Waals surface area contributed by atoms with Crippen LogP contribution in [0.4, 0.5) is 10.1 Å². The second-order valence-corrected chi connectivity index (χ2v) is 2.61. The smallest absolute Gasteiger partial charge is 0.125 e. The van der Waals surface area contributed by atoms with E-state index in [1.807, 2.05) is 6.92 Å².